The van der Waals surface area contributed by atoms with Crippen molar-refractivity contribution in [3.05, 3.63) is 146 Å². The molecule has 0 bridgehead atoms. The van der Waals surface area contributed by atoms with E-state index < -0.39 is 0 Å². The van der Waals surface area contributed by atoms with Crippen LogP contribution in [-0.2, 0) is 0 Å². The Hall–Kier alpha value is -5.74. The molecule has 8 rings (SSSR count). The Morgan fingerprint density at radius 2 is 1.02 bits per heavy atom. The van der Waals surface area contributed by atoms with Crippen LogP contribution in [0.2, 0.25) is 0 Å². The normalized spacial score (nSPS) is 11.3. The summed E-state index contributed by atoms with van der Waals surface area (Å²) in [7, 11) is 0. The summed E-state index contributed by atoms with van der Waals surface area (Å²) in [4.78, 5) is 19.6. The van der Waals surface area contributed by atoms with Gasteiger partial charge in [0, 0.05) is 34.6 Å². The third-order valence-electron chi connectivity index (χ3n) is 7.78. The molecule has 8 aromatic rings. The number of fused-ring (bicyclic) bond motifs is 4. The second-order valence-corrected chi connectivity index (χ2v) is 10.3. The van der Waals surface area contributed by atoms with Crippen molar-refractivity contribution in [3.63, 3.8) is 0 Å². The zero-order valence-electron chi connectivity index (χ0n) is 22.6. The zero-order valence-corrected chi connectivity index (χ0v) is 22.6. The van der Waals surface area contributed by atoms with Crippen LogP contribution in [-0.4, -0.2) is 19.9 Å². The highest BCUT2D eigenvalue weighted by molar-refractivity contribution is 6.19. The summed E-state index contributed by atoms with van der Waals surface area (Å²) in [5.74, 6) is 1.93. The molecule has 4 nitrogen and oxygen atoms in total. The molecule has 0 fully saturated rings. The molecule has 0 N–H and O–H groups in total. The lowest BCUT2D eigenvalue weighted by Crippen LogP contribution is -2.01. The number of hydrogen-bond acceptors (Lipinski definition) is 4. The standard InChI is InChI=1S/C38H24N4/c1-2-11-26(12-3-1)36-40-37(29-15-8-14-27(22-29)30-16-9-21-39-24-30)42-38(41-36)35-32-18-7-5-13-28(32)23-34-31-17-6-4-10-25(31)19-20-33(34)35/h1-24H. The summed E-state index contributed by atoms with van der Waals surface area (Å²) in [6, 6.07) is 46.2. The van der Waals surface area contributed by atoms with Gasteiger partial charge in [0.05, 0.1) is 0 Å². The van der Waals surface area contributed by atoms with Crippen LogP contribution in [0.15, 0.2) is 146 Å². The summed E-state index contributed by atoms with van der Waals surface area (Å²) in [5.41, 5.74) is 4.99. The molecule has 0 radical (unpaired) electrons. The number of rotatable bonds is 4. The van der Waals surface area contributed by atoms with Crippen molar-refractivity contribution in [2.75, 3.05) is 0 Å². The maximum absolute atomic E-state index is 5.18. The fourth-order valence-electron chi connectivity index (χ4n) is 5.77. The van der Waals surface area contributed by atoms with Crippen LogP contribution in [0.4, 0.5) is 0 Å². The van der Waals surface area contributed by atoms with Gasteiger partial charge in [-0.1, -0.05) is 115 Å². The Labute approximate surface area is 243 Å². The first-order valence-corrected chi connectivity index (χ1v) is 14.0. The van der Waals surface area contributed by atoms with Gasteiger partial charge in [-0.3, -0.25) is 4.98 Å². The third kappa shape index (κ3) is 4.18. The van der Waals surface area contributed by atoms with Gasteiger partial charge in [0.25, 0.3) is 0 Å². The molecule has 0 saturated heterocycles. The minimum absolute atomic E-state index is 0.631. The third-order valence-corrected chi connectivity index (χ3v) is 7.78. The maximum Gasteiger partial charge on any atom is 0.165 e. The fourth-order valence-corrected chi connectivity index (χ4v) is 5.77. The molecule has 42 heavy (non-hydrogen) atoms. The van der Waals surface area contributed by atoms with E-state index in [0.29, 0.717) is 17.5 Å². The molecule has 196 valence electrons. The monoisotopic (exact) mass is 536 g/mol. The topological polar surface area (TPSA) is 51.6 Å². The summed E-state index contributed by atoms with van der Waals surface area (Å²) in [5, 5.41) is 6.98. The van der Waals surface area contributed by atoms with Gasteiger partial charge >= 0.3 is 0 Å². The predicted octanol–water partition coefficient (Wildman–Crippen LogP) is 9.39. The molecule has 2 heterocycles. The van der Waals surface area contributed by atoms with Crippen molar-refractivity contribution in [2.24, 2.45) is 0 Å². The van der Waals surface area contributed by atoms with Crippen LogP contribution in [0, 0.1) is 0 Å². The van der Waals surface area contributed by atoms with Crippen LogP contribution in [0.3, 0.4) is 0 Å². The van der Waals surface area contributed by atoms with E-state index in [-0.39, 0.29) is 0 Å². The Morgan fingerprint density at radius 1 is 0.357 bits per heavy atom. The Balaban J connectivity index is 1.43. The minimum atomic E-state index is 0.631. The van der Waals surface area contributed by atoms with Gasteiger partial charge in [0.15, 0.2) is 17.5 Å². The smallest absolute Gasteiger partial charge is 0.165 e. The van der Waals surface area contributed by atoms with Gasteiger partial charge < -0.3 is 0 Å². The van der Waals surface area contributed by atoms with E-state index in [2.05, 4.69) is 96.0 Å². The minimum Gasteiger partial charge on any atom is -0.264 e. The number of nitrogens with zero attached hydrogens (tertiary/aromatic N) is 4. The van der Waals surface area contributed by atoms with E-state index in [1.54, 1.807) is 6.20 Å². The van der Waals surface area contributed by atoms with Crippen molar-refractivity contribution in [2.45, 2.75) is 0 Å². The van der Waals surface area contributed by atoms with Crippen LogP contribution in [0.5, 0.6) is 0 Å². The van der Waals surface area contributed by atoms with Crippen LogP contribution in [0.25, 0.3) is 77.6 Å². The van der Waals surface area contributed by atoms with Crippen molar-refractivity contribution < 1.29 is 0 Å². The highest BCUT2D eigenvalue weighted by Gasteiger charge is 2.18. The lowest BCUT2D eigenvalue weighted by molar-refractivity contribution is 1.08. The molecule has 6 aromatic carbocycles. The summed E-state index contributed by atoms with van der Waals surface area (Å²) in [6.07, 6.45) is 3.66. The van der Waals surface area contributed by atoms with Gasteiger partial charge in [-0.05, 0) is 56.1 Å². The second kappa shape index (κ2) is 10.0. The molecule has 0 unspecified atom stereocenters. The lowest BCUT2D eigenvalue weighted by Gasteiger charge is -2.15. The Morgan fingerprint density at radius 3 is 1.86 bits per heavy atom. The van der Waals surface area contributed by atoms with E-state index in [1.165, 1.54) is 16.2 Å². The van der Waals surface area contributed by atoms with Gasteiger partial charge in [0.1, 0.15) is 0 Å². The summed E-state index contributed by atoms with van der Waals surface area (Å²) < 4.78 is 0. The molecule has 0 aliphatic heterocycles. The van der Waals surface area contributed by atoms with Gasteiger partial charge in [0.2, 0.25) is 0 Å². The summed E-state index contributed by atoms with van der Waals surface area (Å²) in [6.45, 7) is 0. The highest BCUT2D eigenvalue weighted by Crippen LogP contribution is 2.39. The highest BCUT2D eigenvalue weighted by atomic mass is 15.0. The van der Waals surface area contributed by atoms with E-state index in [4.69, 9.17) is 15.0 Å². The van der Waals surface area contributed by atoms with E-state index in [1.807, 2.05) is 48.7 Å². The maximum atomic E-state index is 5.18. The van der Waals surface area contributed by atoms with Gasteiger partial charge in [-0.15, -0.1) is 0 Å². The quantitative estimate of drug-likeness (QED) is 0.166. The molecule has 4 heteroatoms. The molecule has 0 spiro atoms. The first-order chi connectivity index (χ1) is 20.8. The molecule has 0 aliphatic rings. The van der Waals surface area contributed by atoms with E-state index in [9.17, 15) is 0 Å². The van der Waals surface area contributed by atoms with E-state index >= 15 is 0 Å². The van der Waals surface area contributed by atoms with Crippen LogP contribution < -0.4 is 0 Å². The largest absolute Gasteiger partial charge is 0.264 e. The number of aromatic nitrogens is 4. The number of benzene rings is 6. The molecule has 2 aromatic heterocycles. The number of hydrogen-bond donors (Lipinski definition) is 0. The molecule has 0 atom stereocenters. The molecule has 0 amide bonds. The van der Waals surface area contributed by atoms with Crippen molar-refractivity contribution in [1.29, 1.82) is 0 Å². The lowest BCUT2D eigenvalue weighted by atomic mass is 9.93. The van der Waals surface area contributed by atoms with Crippen LogP contribution in [0.1, 0.15) is 0 Å². The predicted molar refractivity (Wildman–Crippen MR) is 172 cm³/mol. The van der Waals surface area contributed by atoms with Crippen molar-refractivity contribution >= 4 is 32.3 Å². The second-order valence-electron chi connectivity index (χ2n) is 10.3. The molecule has 0 aliphatic carbocycles. The average Bonchev–Trinajstić information content (AvgIpc) is 3.08. The van der Waals surface area contributed by atoms with Crippen LogP contribution >= 0.6 is 0 Å². The number of pyridine rings is 1. The Bertz CT molecular complexity index is 2240. The zero-order chi connectivity index (χ0) is 27.9. The van der Waals surface area contributed by atoms with Crippen molar-refractivity contribution in [3.8, 4) is 45.3 Å². The molecular weight excluding hydrogens is 512 g/mol. The molecular formula is C38H24N4. The van der Waals surface area contributed by atoms with Crippen molar-refractivity contribution in [1.82, 2.24) is 19.9 Å². The first kappa shape index (κ1) is 24.1. The fraction of sp³-hybridized carbons (Fsp3) is 0. The summed E-state index contributed by atoms with van der Waals surface area (Å²) >= 11 is 0. The first-order valence-electron chi connectivity index (χ1n) is 14.0. The van der Waals surface area contributed by atoms with Gasteiger partial charge in [-0.2, -0.15) is 0 Å². The molecule has 0 saturated carbocycles. The Kier molecular flexibility index (Phi) is 5.75. The average molecular weight is 537 g/mol. The van der Waals surface area contributed by atoms with E-state index in [0.717, 1.165) is 44.0 Å². The van der Waals surface area contributed by atoms with Gasteiger partial charge in [-0.25, -0.2) is 15.0 Å². The SMILES string of the molecule is c1ccc(-c2nc(-c3cccc(-c4cccnc4)c3)nc(-c3c4ccccc4cc4c3ccc3ccccc34)n2)cc1.